The van der Waals surface area contributed by atoms with E-state index in [1.54, 1.807) is 22.7 Å². The van der Waals surface area contributed by atoms with Crippen LogP contribution in [0.4, 0.5) is 0 Å². The van der Waals surface area contributed by atoms with Crippen LogP contribution in [-0.4, -0.2) is 9.97 Å². The molecule has 5 heteroatoms. The van der Waals surface area contributed by atoms with Gasteiger partial charge in [-0.25, -0.2) is 9.97 Å². The fourth-order valence-corrected chi connectivity index (χ4v) is 3.13. The molecular weight excluding hydrogens is 250 g/mol. The van der Waals surface area contributed by atoms with Crippen molar-refractivity contribution in [1.29, 1.82) is 0 Å². The van der Waals surface area contributed by atoms with Gasteiger partial charge >= 0.3 is 0 Å². The van der Waals surface area contributed by atoms with E-state index in [0.29, 0.717) is 6.04 Å². The number of hydrogen-bond donors (Lipinski definition) is 1. The summed E-state index contributed by atoms with van der Waals surface area (Å²) in [7, 11) is 0. The van der Waals surface area contributed by atoms with E-state index in [2.05, 4.69) is 36.1 Å². The van der Waals surface area contributed by atoms with Crippen molar-refractivity contribution in [3.63, 3.8) is 0 Å². The number of hydrogen-bond acceptors (Lipinski definition) is 5. The van der Waals surface area contributed by atoms with Gasteiger partial charge in [0.25, 0.3) is 0 Å². The van der Waals surface area contributed by atoms with Gasteiger partial charge in [0.05, 0.1) is 17.2 Å². The number of thiazole rings is 2. The summed E-state index contributed by atoms with van der Waals surface area (Å²) < 4.78 is 0. The molecule has 17 heavy (non-hydrogen) atoms. The first-order chi connectivity index (χ1) is 8.20. The van der Waals surface area contributed by atoms with Crippen molar-refractivity contribution in [2.24, 2.45) is 0 Å². The van der Waals surface area contributed by atoms with Crippen LogP contribution in [0.25, 0.3) is 0 Å². The minimum atomic E-state index is 0.307. The normalized spacial score (nSPS) is 12.9. The Labute approximate surface area is 110 Å². The first-order valence-corrected chi connectivity index (χ1v) is 7.47. The van der Waals surface area contributed by atoms with E-state index in [0.717, 1.165) is 18.7 Å². The number of aryl methyl sites for hydroxylation is 2. The SMILES string of the molecule is CCc1cnc(C(C)NCc2scnc2C)s1. The van der Waals surface area contributed by atoms with Crippen LogP contribution in [-0.2, 0) is 13.0 Å². The smallest absolute Gasteiger partial charge is 0.109 e. The molecule has 0 amide bonds. The van der Waals surface area contributed by atoms with Gasteiger partial charge in [0.1, 0.15) is 5.01 Å². The molecule has 2 rings (SSSR count). The van der Waals surface area contributed by atoms with Crippen molar-refractivity contribution in [2.75, 3.05) is 0 Å². The maximum Gasteiger partial charge on any atom is 0.109 e. The Morgan fingerprint density at radius 2 is 2.24 bits per heavy atom. The summed E-state index contributed by atoms with van der Waals surface area (Å²) in [5, 5.41) is 4.67. The molecule has 0 bridgehead atoms. The lowest BCUT2D eigenvalue weighted by molar-refractivity contribution is 0.574. The molecule has 2 aromatic rings. The van der Waals surface area contributed by atoms with Crippen molar-refractivity contribution in [1.82, 2.24) is 15.3 Å². The van der Waals surface area contributed by atoms with Gasteiger partial charge in [0.15, 0.2) is 0 Å². The summed E-state index contributed by atoms with van der Waals surface area (Å²) in [4.78, 5) is 11.4. The van der Waals surface area contributed by atoms with Gasteiger partial charge < -0.3 is 5.32 Å². The Morgan fingerprint density at radius 1 is 1.41 bits per heavy atom. The Morgan fingerprint density at radius 3 is 2.82 bits per heavy atom. The molecular formula is C12H17N3S2. The number of rotatable bonds is 5. The van der Waals surface area contributed by atoms with Crippen LogP contribution in [0, 0.1) is 6.92 Å². The molecule has 0 aromatic carbocycles. The minimum absolute atomic E-state index is 0.307. The summed E-state index contributed by atoms with van der Waals surface area (Å²) in [5.74, 6) is 0. The maximum atomic E-state index is 4.45. The highest BCUT2D eigenvalue weighted by atomic mass is 32.1. The van der Waals surface area contributed by atoms with Gasteiger partial charge in [-0.15, -0.1) is 22.7 Å². The molecule has 1 N–H and O–H groups in total. The van der Waals surface area contributed by atoms with Gasteiger partial charge in [-0.05, 0) is 20.3 Å². The van der Waals surface area contributed by atoms with Crippen LogP contribution in [0.2, 0.25) is 0 Å². The molecule has 0 saturated heterocycles. The lowest BCUT2D eigenvalue weighted by atomic mass is 10.3. The summed E-state index contributed by atoms with van der Waals surface area (Å²) in [6, 6.07) is 0.307. The largest absolute Gasteiger partial charge is 0.303 e. The van der Waals surface area contributed by atoms with E-state index in [-0.39, 0.29) is 0 Å². The quantitative estimate of drug-likeness (QED) is 0.903. The van der Waals surface area contributed by atoms with Crippen molar-refractivity contribution < 1.29 is 0 Å². The van der Waals surface area contributed by atoms with E-state index in [1.165, 1.54) is 14.8 Å². The first kappa shape index (κ1) is 12.7. The average Bonchev–Trinajstić information content (AvgIpc) is 2.94. The molecule has 0 radical (unpaired) electrons. The Kier molecular flexibility index (Phi) is 4.25. The second kappa shape index (κ2) is 5.71. The summed E-state index contributed by atoms with van der Waals surface area (Å²) in [6.45, 7) is 7.25. The number of nitrogens with one attached hydrogen (secondary N) is 1. The van der Waals surface area contributed by atoms with Crippen molar-refractivity contribution in [3.8, 4) is 0 Å². The molecule has 2 heterocycles. The molecule has 92 valence electrons. The molecule has 1 unspecified atom stereocenters. The Balaban J connectivity index is 1.93. The zero-order chi connectivity index (χ0) is 12.3. The zero-order valence-electron chi connectivity index (χ0n) is 10.4. The molecule has 2 aromatic heterocycles. The molecule has 1 atom stereocenters. The van der Waals surface area contributed by atoms with E-state index in [1.807, 2.05) is 11.7 Å². The van der Waals surface area contributed by atoms with Gasteiger partial charge in [-0.1, -0.05) is 6.92 Å². The Bertz CT molecular complexity index is 476. The van der Waals surface area contributed by atoms with E-state index in [4.69, 9.17) is 0 Å². The number of nitrogens with zero attached hydrogens (tertiary/aromatic N) is 2. The standard InChI is InChI=1S/C12H17N3S2/c1-4-10-5-14-12(17-10)9(3)13-6-11-8(2)15-7-16-11/h5,7,9,13H,4,6H2,1-3H3. The van der Waals surface area contributed by atoms with Crippen LogP contribution in [0.1, 0.15) is 40.3 Å². The highest BCUT2D eigenvalue weighted by Gasteiger charge is 2.10. The summed E-state index contributed by atoms with van der Waals surface area (Å²) in [5.41, 5.74) is 3.03. The second-order valence-corrected chi connectivity index (χ2v) is 6.07. The van der Waals surface area contributed by atoms with Gasteiger partial charge in [-0.2, -0.15) is 0 Å². The average molecular weight is 267 g/mol. The summed E-state index contributed by atoms with van der Waals surface area (Å²) >= 11 is 3.50. The monoisotopic (exact) mass is 267 g/mol. The van der Waals surface area contributed by atoms with Crippen LogP contribution in [0.15, 0.2) is 11.7 Å². The summed E-state index contributed by atoms with van der Waals surface area (Å²) in [6.07, 6.45) is 3.05. The number of aromatic nitrogens is 2. The van der Waals surface area contributed by atoms with Gasteiger partial charge in [0.2, 0.25) is 0 Å². The predicted molar refractivity (Wildman–Crippen MR) is 73.6 cm³/mol. The van der Waals surface area contributed by atoms with E-state index in [9.17, 15) is 0 Å². The van der Waals surface area contributed by atoms with E-state index >= 15 is 0 Å². The van der Waals surface area contributed by atoms with Crippen molar-refractivity contribution in [2.45, 2.75) is 39.8 Å². The first-order valence-electron chi connectivity index (χ1n) is 5.77. The topological polar surface area (TPSA) is 37.8 Å². The fourth-order valence-electron chi connectivity index (χ4n) is 1.52. The van der Waals surface area contributed by atoms with Crippen LogP contribution >= 0.6 is 22.7 Å². The highest BCUT2D eigenvalue weighted by Crippen LogP contribution is 2.21. The van der Waals surface area contributed by atoms with Crippen LogP contribution in [0.5, 0.6) is 0 Å². The third-order valence-electron chi connectivity index (χ3n) is 2.70. The van der Waals surface area contributed by atoms with Crippen LogP contribution < -0.4 is 5.32 Å². The molecule has 0 fully saturated rings. The molecule has 0 aliphatic carbocycles. The highest BCUT2D eigenvalue weighted by molar-refractivity contribution is 7.11. The predicted octanol–water partition coefficient (Wildman–Crippen LogP) is 3.32. The second-order valence-electron chi connectivity index (χ2n) is 3.98. The molecule has 0 aliphatic rings. The van der Waals surface area contributed by atoms with Crippen molar-refractivity contribution in [3.05, 3.63) is 32.2 Å². The lowest BCUT2D eigenvalue weighted by Gasteiger charge is -2.10. The zero-order valence-corrected chi connectivity index (χ0v) is 12.0. The Hall–Kier alpha value is -0.780. The minimum Gasteiger partial charge on any atom is -0.303 e. The van der Waals surface area contributed by atoms with Crippen molar-refractivity contribution >= 4 is 22.7 Å². The molecule has 0 aliphatic heterocycles. The molecule has 3 nitrogen and oxygen atoms in total. The molecule has 0 spiro atoms. The van der Waals surface area contributed by atoms with Gasteiger partial charge in [-0.3, -0.25) is 0 Å². The third-order valence-corrected chi connectivity index (χ3v) is 4.96. The maximum absolute atomic E-state index is 4.45. The van der Waals surface area contributed by atoms with Crippen LogP contribution in [0.3, 0.4) is 0 Å². The van der Waals surface area contributed by atoms with Gasteiger partial charge in [0, 0.05) is 22.5 Å². The fraction of sp³-hybridized carbons (Fsp3) is 0.500. The van der Waals surface area contributed by atoms with E-state index < -0.39 is 0 Å². The lowest BCUT2D eigenvalue weighted by Crippen LogP contribution is -2.17. The molecule has 0 saturated carbocycles. The third kappa shape index (κ3) is 3.12.